The molecule has 0 radical (unpaired) electrons. The van der Waals surface area contributed by atoms with Crippen LogP contribution in [0.25, 0.3) is 0 Å². The largest absolute Gasteiger partial charge is 0.381 e. The van der Waals surface area contributed by atoms with Gasteiger partial charge in [-0.15, -0.1) is 0 Å². The topological polar surface area (TPSA) is 30.5 Å². The van der Waals surface area contributed by atoms with Gasteiger partial charge in [-0.3, -0.25) is 0 Å². The summed E-state index contributed by atoms with van der Waals surface area (Å²) in [6.07, 6.45) is 3.15. The number of nitrogens with one attached hydrogen (secondary N) is 1. The summed E-state index contributed by atoms with van der Waals surface area (Å²) < 4.78 is 11.4. The molecule has 1 heterocycles. The molecule has 0 atom stereocenters. The van der Waals surface area contributed by atoms with Crippen molar-refractivity contribution < 1.29 is 9.47 Å². The van der Waals surface area contributed by atoms with Gasteiger partial charge in [0.1, 0.15) is 0 Å². The SMILES string of the molecule is CCCOC1(CNCC)CCOCC1. The molecule has 0 aromatic heterocycles. The first-order valence-corrected chi connectivity index (χ1v) is 5.75. The summed E-state index contributed by atoms with van der Waals surface area (Å²) in [5, 5.41) is 3.39. The fraction of sp³-hybridized carbons (Fsp3) is 1.00. The predicted octanol–water partition coefficient (Wildman–Crippen LogP) is 1.57. The molecule has 0 unspecified atom stereocenters. The van der Waals surface area contributed by atoms with Crippen molar-refractivity contribution >= 4 is 0 Å². The van der Waals surface area contributed by atoms with Gasteiger partial charge < -0.3 is 14.8 Å². The lowest BCUT2D eigenvalue weighted by molar-refractivity contribution is -0.108. The highest BCUT2D eigenvalue weighted by atomic mass is 16.5. The van der Waals surface area contributed by atoms with E-state index in [1.54, 1.807) is 0 Å². The zero-order chi connectivity index (χ0) is 10.3. The van der Waals surface area contributed by atoms with Gasteiger partial charge in [-0.25, -0.2) is 0 Å². The maximum atomic E-state index is 5.98. The van der Waals surface area contributed by atoms with Crippen LogP contribution in [0.1, 0.15) is 33.1 Å². The van der Waals surface area contributed by atoms with Crippen molar-refractivity contribution in [3.63, 3.8) is 0 Å². The minimum absolute atomic E-state index is 0.0459. The number of hydrogen-bond acceptors (Lipinski definition) is 3. The highest BCUT2D eigenvalue weighted by molar-refractivity contribution is 4.85. The van der Waals surface area contributed by atoms with Gasteiger partial charge >= 0.3 is 0 Å². The van der Waals surface area contributed by atoms with E-state index >= 15 is 0 Å². The molecule has 1 fully saturated rings. The first-order valence-electron chi connectivity index (χ1n) is 5.75. The monoisotopic (exact) mass is 201 g/mol. The van der Waals surface area contributed by atoms with Crippen LogP contribution >= 0.6 is 0 Å². The van der Waals surface area contributed by atoms with E-state index in [1.807, 2.05) is 0 Å². The van der Waals surface area contributed by atoms with Gasteiger partial charge in [0.05, 0.1) is 5.60 Å². The molecule has 0 aromatic carbocycles. The minimum Gasteiger partial charge on any atom is -0.381 e. The molecule has 84 valence electrons. The average molecular weight is 201 g/mol. The van der Waals surface area contributed by atoms with Crippen LogP contribution in [0.15, 0.2) is 0 Å². The molecular weight excluding hydrogens is 178 g/mol. The molecule has 1 rings (SSSR count). The van der Waals surface area contributed by atoms with Crippen molar-refractivity contribution in [1.29, 1.82) is 0 Å². The average Bonchev–Trinajstić information content (AvgIpc) is 2.25. The lowest BCUT2D eigenvalue weighted by Gasteiger charge is -2.37. The molecule has 0 bridgehead atoms. The summed E-state index contributed by atoms with van der Waals surface area (Å²) in [5.74, 6) is 0. The third-order valence-corrected chi connectivity index (χ3v) is 2.71. The van der Waals surface area contributed by atoms with E-state index in [0.717, 1.165) is 52.2 Å². The molecule has 1 N–H and O–H groups in total. The van der Waals surface area contributed by atoms with Gasteiger partial charge in [0.25, 0.3) is 0 Å². The summed E-state index contributed by atoms with van der Waals surface area (Å²) in [7, 11) is 0. The third-order valence-electron chi connectivity index (χ3n) is 2.71. The number of hydrogen-bond donors (Lipinski definition) is 1. The predicted molar refractivity (Wildman–Crippen MR) is 57.6 cm³/mol. The molecule has 3 nitrogen and oxygen atoms in total. The van der Waals surface area contributed by atoms with E-state index in [9.17, 15) is 0 Å². The molecule has 0 aliphatic carbocycles. The van der Waals surface area contributed by atoms with Crippen molar-refractivity contribution in [3.8, 4) is 0 Å². The van der Waals surface area contributed by atoms with E-state index in [4.69, 9.17) is 9.47 Å². The van der Waals surface area contributed by atoms with Crippen molar-refractivity contribution in [2.45, 2.75) is 38.7 Å². The summed E-state index contributed by atoms with van der Waals surface area (Å²) in [4.78, 5) is 0. The normalized spacial score (nSPS) is 21.0. The summed E-state index contributed by atoms with van der Waals surface area (Å²) >= 11 is 0. The van der Waals surface area contributed by atoms with Crippen LogP contribution < -0.4 is 5.32 Å². The Hall–Kier alpha value is -0.120. The van der Waals surface area contributed by atoms with Crippen LogP contribution in [0.5, 0.6) is 0 Å². The quantitative estimate of drug-likeness (QED) is 0.707. The maximum Gasteiger partial charge on any atom is 0.0850 e. The molecule has 14 heavy (non-hydrogen) atoms. The summed E-state index contributed by atoms with van der Waals surface area (Å²) in [6.45, 7) is 8.81. The van der Waals surface area contributed by atoms with E-state index < -0.39 is 0 Å². The zero-order valence-electron chi connectivity index (χ0n) is 9.47. The first kappa shape index (κ1) is 12.0. The highest BCUT2D eigenvalue weighted by Crippen LogP contribution is 2.24. The van der Waals surface area contributed by atoms with Crippen LogP contribution in [-0.4, -0.2) is 38.5 Å². The van der Waals surface area contributed by atoms with Gasteiger partial charge in [0, 0.05) is 39.2 Å². The standard InChI is InChI=1S/C11H23NO2/c1-3-7-14-11(10-12-4-2)5-8-13-9-6-11/h12H,3-10H2,1-2H3. The maximum absolute atomic E-state index is 5.98. The van der Waals surface area contributed by atoms with Crippen molar-refractivity contribution in [1.82, 2.24) is 5.32 Å². The number of rotatable bonds is 6. The Morgan fingerprint density at radius 1 is 1.29 bits per heavy atom. The number of likely N-dealkylation sites (N-methyl/N-ethyl adjacent to an activating group) is 1. The van der Waals surface area contributed by atoms with Crippen LogP contribution in [0, 0.1) is 0 Å². The Bertz CT molecular complexity index is 134. The van der Waals surface area contributed by atoms with Gasteiger partial charge in [-0.1, -0.05) is 13.8 Å². The molecule has 1 saturated heterocycles. The third kappa shape index (κ3) is 3.56. The van der Waals surface area contributed by atoms with Gasteiger partial charge in [-0.05, 0) is 13.0 Å². The van der Waals surface area contributed by atoms with Crippen LogP contribution in [0.2, 0.25) is 0 Å². The Kier molecular flexibility index (Phi) is 5.45. The van der Waals surface area contributed by atoms with Gasteiger partial charge in [-0.2, -0.15) is 0 Å². The van der Waals surface area contributed by atoms with E-state index in [0.29, 0.717) is 0 Å². The molecule has 1 aliphatic heterocycles. The van der Waals surface area contributed by atoms with Crippen LogP contribution in [0.4, 0.5) is 0 Å². The molecule has 0 amide bonds. The highest BCUT2D eigenvalue weighted by Gasteiger charge is 2.32. The first-order chi connectivity index (χ1) is 6.83. The van der Waals surface area contributed by atoms with Gasteiger partial charge in [0.15, 0.2) is 0 Å². The Morgan fingerprint density at radius 2 is 2.00 bits per heavy atom. The lowest BCUT2D eigenvalue weighted by Crippen LogP contribution is -2.47. The summed E-state index contributed by atoms with van der Waals surface area (Å²) in [6, 6.07) is 0. The number of ether oxygens (including phenoxy) is 2. The molecule has 0 saturated carbocycles. The lowest BCUT2D eigenvalue weighted by atomic mass is 9.94. The van der Waals surface area contributed by atoms with Crippen LogP contribution in [0.3, 0.4) is 0 Å². The molecule has 0 spiro atoms. The second-order valence-corrected chi connectivity index (χ2v) is 3.92. The van der Waals surface area contributed by atoms with E-state index in [2.05, 4.69) is 19.2 Å². The Labute approximate surface area is 87.2 Å². The minimum atomic E-state index is 0.0459. The van der Waals surface area contributed by atoms with Gasteiger partial charge in [0.2, 0.25) is 0 Å². The van der Waals surface area contributed by atoms with E-state index in [-0.39, 0.29) is 5.60 Å². The summed E-state index contributed by atoms with van der Waals surface area (Å²) in [5.41, 5.74) is 0.0459. The van der Waals surface area contributed by atoms with Crippen molar-refractivity contribution in [2.75, 3.05) is 32.9 Å². The fourth-order valence-corrected chi connectivity index (χ4v) is 1.79. The second kappa shape index (κ2) is 6.38. The van der Waals surface area contributed by atoms with Crippen LogP contribution in [-0.2, 0) is 9.47 Å². The molecule has 1 aliphatic rings. The Balaban J connectivity index is 2.39. The fourth-order valence-electron chi connectivity index (χ4n) is 1.79. The van der Waals surface area contributed by atoms with E-state index in [1.165, 1.54) is 0 Å². The van der Waals surface area contributed by atoms with Crippen molar-refractivity contribution in [3.05, 3.63) is 0 Å². The zero-order valence-corrected chi connectivity index (χ0v) is 9.47. The molecular formula is C11H23NO2. The van der Waals surface area contributed by atoms with Crippen molar-refractivity contribution in [2.24, 2.45) is 0 Å². The second-order valence-electron chi connectivity index (χ2n) is 3.92. The Morgan fingerprint density at radius 3 is 2.57 bits per heavy atom. The molecule has 3 heteroatoms. The molecule has 0 aromatic rings. The smallest absolute Gasteiger partial charge is 0.0850 e.